The molecular formula is C62H36N4S. The number of fused-ring (bicyclic) bond motifs is 14. The van der Waals surface area contributed by atoms with Crippen LogP contribution >= 0.6 is 11.3 Å². The third-order valence-electron chi connectivity index (χ3n) is 14.1. The fraction of sp³-hybridized carbons (Fsp3) is 0. The summed E-state index contributed by atoms with van der Waals surface area (Å²) in [6.07, 6.45) is 0. The first-order valence-corrected chi connectivity index (χ1v) is 23.6. The number of thiophene rings is 1. The third kappa shape index (κ3) is 5.29. The molecule has 0 aliphatic heterocycles. The summed E-state index contributed by atoms with van der Waals surface area (Å²) >= 11 is 1.84. The van der Waals surface area contributed by atoms with E-state index in [9.17, 15) is 0 Å². The van der Waals surface area contributed by atoms with Crippen LogP contribution in [-0.4, -0.2) is 19.1 Å². The molecule has 0 amide bonds. The molecule has 15 rings (SSSR count). The quantitative estimate of drug-likeness (QED) is 0.177. The Labute approximate surface area is 387 Å². The lowest BCUT2D eigenvalue weighted by Crippen LogP contribution is -1.99. The van der Waals surface area contributed by atoms with Crippen LogP contribution in [-0.2, 0) is 0 Å². The Balaban J connectivity index is 0.997. The van der Waals surface area contributed by atoms with Crippen molar-refractivity contribution in [1.29, 1.82) is 0 Å². The van der Waals surface area contributed by atoms with E-state index >= 15 is 0 Å². The Kier molecular flexibility index (Phi) is 7.63. The van der Waals surface area contributed by atoms with Gasteiger partial charge in [-0.05, 0) is 70.1 Å². The van der Waals surface area contributed by atoms with Crippen molar-refractivity contribution in [3.63, 3.8) is 0 Å². The fourth-order valence-electron chi connectivity index (χ4n) is 11.1. The zero-order valence-corrected chi connectivity index (χ0v) is 36.8. The predicted octanol–water partition coefficient (Wildman–Crippen LogP) is 17.0. The monoisotopic (exact) mass is 868 g/mol. The summed E-state index contributed by atoms with van der Waals surface area (Å²) in [6.45, 7) is 0. The number of hydrogen-bond donors (Lipinski definition) is 0. The Hall–Kier alpha value is -8.64. The summed E-state index contributed by atoms with van der Waals surface area (Å²) < 4.78 is 7.48. The molecule has 5 heteroatoms. The minimum atomic E-state index is 0.712. The molecule has 0 saturated carbocycles. The molecule has 0 aliphatic rings. The average molecular weight is 869 g/mol. The van der Waals surface area contributed by atoms with Crippen molar-refractivity contribution >= 4 is 118 Å². The fourth-order valence-corrected chi connectivity index (χ4v) is 12.3. The lowest BCUT2D eigenvalue weighted by molar-refractivity contribution is 1.17. The molecule has 0 bridgehead atoms. The van der Waals surface area contributed by atoms with Crippen LogP contribution < -0.4 is 0 Å². The molecule has 11 aromatic carbocycles. The van der Waals surface area contributed by atoms with E-state index in [0.717, 1.165) is 60.9 Å². The first kappa shape index (κ1) is 36.7. The molecule has 0 radical (unpaired) electrons. The highest BCUT2D eigenvalue weighted by Gasteiger charge is 2.22. The van der Waals surface area contributed by atoms with Gasteiger partial charge >= 0.3 is 0 Å². The van der Waals surface area contributed by atoms with Crippen molar-refractivity contribution in [2.45, 2.75) is 0 Å². The van der Waals surface area contributed by atoms with E-state index in [1.807, 2.05) is 11.3 Å². The maximum atomic E-state index is 5.54. The van der Waals surface area contributed by atoms with E-state index in [4.69, 9.17) is 9.97 Å². The van der Waals surface area contributed by atoms with Crippen molar-refractivity contribution < 1.29 is 0 Å². The summed E-state index contributed by atoms with van der Waals surface area (Å²) in [5, 5.41) is 15.6. The van der Waals surface area contributed by atoms with E-state index in [1.54, 1.807) is 0 Å². The van der Waals surface area contributed by atoms with Gasteiger partial charge in [0.15, 0.2) is 5.82 Å². The van der Waals surface area contributed by atoms with Crippen LogP contribution in [0.4, 0.5) is 0 Å². The van der Waals surface area contributed by atoms with Crippen molar-refractivity contribution in [1.82, 2.24) is 19.1 Å². The van der Waals surface area contributed by atoms with Gasteiger partial charge in [0.05, 0.1) is 39.0 Å². The van der Waals surface area contributed by atoms with Crippen molar-refractivity contribution in [2.24, 2.45) is 0 Å². The molecule has 0 N–H and O–H groups in total. The lowest BCUT2D eigenvalue weighted by Gasteiger charge is -2.16. The van der Waals surface area contributed by atoms with Crippen LogP contribution in [0.1, 0.15) is 0 Å². The van der Waals surface area contributed by atoms with Crippen LogP contribution in [0.2, 0.25) is 0 Å². The van der Waals surface area contributed by atoms with E-state index in [2.05, 4.69) is 228 Å². The highest BCUT2D eigenvalue weighted by molar-refractivity contribution is 7.26. The predicted molar refractivity (Wildman–Crippen MR) is 284 cm³/mol. The second kappa shape index (κ2) is 13.9. The van der Waals surface area contributed by atoms with Crippen LogP contribution in [0.5, 0.6) is 0 Å². The molecule has 0 fully saturated rings. The van der Waals surface area contributed by atoms with Crippen molar-refractivity contribution in [3.8, 4) is 34.0 Å². The molecule has 0 atom stereocenters. The van der Waals surface area contributed by atoms with E-state index in [1.165, 1.54) is 74.3 Å². The molecule has 4 nitrogen and oxygen atoms in total. The second-order valence-corrected chi connectivity index (χ2v) is 18.7. The second-order valence-electron chi connectivity index (χ2n) is 17.7. The van der Waals surface area contributed by atoms with Crippen LogP contribution in [0.3, 0.4) is 0 Å². The van der Waals surface area contributed by atoms with Gasteiger partial charge in [-0.3, -0.25) is 0 Å². The zero-order valence-electron chi connectivity index (χ0n) is 36.0. The molecular weight excluding hydrogens is 833 g/mol. The van der Waals surface area contributed by atoms with Gasteiger partial charge in [0, 0.05) is 74.7 Å². The van der Waals surface area contributed by atoms with Crippen LogP contribution in [0.25, 0.3) is 141 Å². The Morgan fingerprint density at radius 1 is 0.343 bits per heavy atom. The highest BCUT2D eigenvalue weighted by Crippen LogP contribution is 2.44. The van der Waals surface area contributed by atoms with Gasteiger partial charge in [-0.1, -0.05) is 170 Å². The number of hydrogen-bond acceptors (Lipinski definition) is 3. The van der Waals surface area contributed by atoms with Gasteiger partial charge < -0.3 is 9.13 Å². The summed E-state index contributed by atoms with van der Waals surface area (Å²) in [7, 11) is 0. The molecule has 4 aromatic heterocycles. The van der Waals surface area contributed by atoms with Gasteiger partial charge in [0.25, 0.3) is 0 Å². The third-order valence-corrected chi connectivity index (χ3v) is 15.3. The summed E-state index contributed by atoms with van der Waals surface area (Å²) in [5.41, 5.74) is 11.0. The first-order valence-electron chi connectivity index (χ1n) is 22.8. The first-order chi connectivity index (χ1) is 33.2. The maximum Gasteiger partial charge on any atom is 0.161 e. The zero-order chi connectivity index (χ0) is 43.7. The van der Waals surface area contributed by atoms with Gasteiger partial charge in [-0.15, -0.1) is 11.3 Å². The largest absolute Gasteiger partial charge is 0.309 e. The minimum Gasteiger partial charge on any atom is -0.309 e. The Bertz CT molecular complexity index is 4590. The van der Waals surface area contributed by atoms with Crippen molar-refractivity contribution in [3.05, 3.63) is 218 Å². The van der Waals surface area contributed by atoms with Crippen molar-refractivity contribution in [2.75, 3.05) is 0 Å². The smallest absolute Gasteiger partial charge is 0.161 e. The lowest BCUT2D eigenvalue weighted by atomic mass is 10.0. The Morgan fingerprint density at radius 3 is 1.88 bits per heavy atom. The van der Waals surface area contributed by atoms with Gasteiger partial charge in [0.2, 0.25) is 0 Å². The van der Waals surface area contributed by atoms with Crippen LogP contribution in [0.15, 0.2) is 218 Å². The molecule has 15 aromatic rings. The molecule has 310 valence electrons. The van der Waals surface area contributed by atoms with Gasteiger partial charge in [0.1, 0.15) is 0 Å². The topological polar surface area (TPSA) is 35.6 Å². The highest BCUT2D eigenvalue weighted by atomic mass is 32.1. The normalized spacial score (nSPS) is 12.2. The molecule has 4 heterocycles. The van der Waals surface area contributed by atoms with E-state index in [0.29, 0.717) is 5.82 Å². The molecule has 67 heavy (non-hydrogen) atoms. The Morgan fingerprint density at radius 2 is 0.985 bits per heavy atom. The minimum absolute atomic E-state index is 0.712. The molecule has 0 spiro atoms. The summed E-state index contributed by atoms with van der Waals surface area (Å²) in [5.74, 6) is 0.712. The maximum absolute atomic E-state index is 5.54. The molecule has 0 aliphatic carbocycles. The van der Waals surface area contributed by atoms with Gasteiger partial charge in [-0.2, -0.15) is 0 Å². The number of benzene rings is 11. The van der Waals surface area contributed by atoms with Gasteiger partial charge in [-0.25, -0.2) is 9.97 Å². The number of aromatic nitrogens is 4. The average Bonchev–Trinajstić information content (AvgIpc) is 4.05. The number of nitrogens with zero attached hydrogens (tertiary/aromatic N) is 4. The number of para-hydroxylation sites is 2. The SMILES string of the molecule is c1ccc2cc3c(cc2c1)c1ccc(-n2c4ccccc4c4ccc5ccccc5c42)cc1n3-c1cccc2c(-c3nc(-c4cccc5c4sc4ccccc45)c4ccccc4n3)cccc12. The standard InChI is InChI=1S/C62H36N4S/c1-2-16-39-35-56-52(34-38(39)15-1)45-33-31-40(65-54-27-9-6-18-44(54)47-32-30-37-14-3-4-17-41(37)60(47)65)36-57(45)66(56)55-28-13-21-42-43(55)22-11-24-49(42)62-63-53-26-8-5-20-50(53)59(64-62)51-25-12-23-48-46-19-7-10-29-58(46)67-61(48)51/h1-36H. The number of rotatable bonds is 4. The van der Waals surface area contributed by atoms with E-state index < -0.39 is 0 Å². The summed E-state index contributed by atoms with van der Waals surface area (Å²) in [4.78, 5) is 10.9. The summed E-state index contributed by atoms with van der Waals surface area (Å²) in [6, 6.07) is 79.7. The van der Waals surface area contributed by atoms with E-state index in [-0.39, 0.29) is 0 Å². The van der Waals surface area contributed by atoms with Crippen LogP contribution in [0, 0.1) is 0 Å². The molecule has 0 saturated heterocycles. The molecule has 0 unspecified atom stereocenters.